The minimum atomic E-state index is -0.818. The normalized spacial score (nSPS) is 12.8. The zero-order valence-corrected chi connectivity index (χ0v) is 45.0. The van der Waals surface area contributed by atoms with E-state index in [4.69, 9.17) is 14.2 Å². The van der Waals surface area contributed by atoms with E-state index in [1.165, 1.54) is 135 Å². The third kappa shape index (κ3) is 55.1. The molecule has 0 heterocycles. The summed E-state index contributed by atoms with van der Waals surface area (Å²) in [7, 11) is 0. The molecular formula is C63H106O6. The van der Waals surface area contributed by atoms with Crippen molar-refractivity contribution in [1.29, 1.82) is 0 Å². The number of hydrogen-bond donors (Lipinski definition) is 0. The first-order chi connectivity index (χ1) is 34.0. The van der Waals surface area contributed by atoms with Gasteiger partial charge in [0, 0.05) is 19.3 Å². The van der Waals surface area contributed by atoms with Crippen LogP contribution in [0.4, 0.5) is 0 Å². The van der Waals surface area contributed by atoms with Crippen LogP contribution in [-0.2, 0) is 28.6 Å². The highest BCUT2D eigenvalue weighted by molar-refractivity contribution is 5.71. The summed E-state index contributed by atoms with van der Waals surface area (Å²) in [6, 6.07) is 0. The van der Waals surface area contributed by atoms with E-state index in [1.54, 1.807) is 0 Å². The first-order valence-electron chi connectivity index (χ1n) is 28.7. The number of esters is 3. The smallest absolute Gasteiger partial charge is 0.306 e. The average Bonchev–Trinajstić information content (AvgIpc) is 3.35. The second kappa shape index (κ2) is 56.9. The lowest BCUT2D eigenvalue weighted by molar-refractivity contribution is -0.167. The van der Waals surface area contributed by atoms with Crippen molar-refractivity contribution in [1.82, 2.24) is 0 Å². The Morgan fingerprint density at radius 3 is 0.942 bits per heavy atom. The first kappa shape index (κ1) is 65.3. The van der Waals surface area contributed by atoms with Crippen LogP contribution in [0, 0.1) is 0 Å². The van der Waals surface area contributed by atoms with Gasteiger partial charge in [0.25, 0.3) is 0 Å². The topological polar surface area (TPSA) is 78.9 Å². The number of hydrogen-bond acceptors (Lipinski definition) is 6. The Morgan fingerprint density at radius 2 is 0.536 bits per heavy atom. The van der Waals surface area contributed by atoms with E-state index in [-0.39, 0.29) is 44.0 Å². The number of allylic oxidation sites excluding steroid dienone is 16. The Morgan fingerprint density at radius 1 is 0.290 bits per heavy atom. The summed E-state index contributed by atoms with van der Waals surface area (Å²) in [5.41, 5.74) is 0. The van der Waals surface area contributed by atoms with Gasteiger partial charge in [-0.25, -0.2) is 0 Å². The van der Waals surface area contributed by atoms with Crippen molar-refractivity contribution in [3.8, 4) is 0 Å². The van der Waals surface area contributed by atoms with Gasteiger partial charge in [-0.15, -0.1) is 0 Å². The molecule has 0 N–H and O–H groups in total. The van der Waals surface area contributed by atoms with Gasteiger partial charge >= 0.3 is 17.9 Å². The van der Waals surface area contributed by atoms with Gasteiger partial charge in [0.05, 0.1) is 0 Å². The summed E-state index contributed by atoms with van der Waals surface area (Å²) in [6.07, 6.45) is 75.4. The molecule has 0 saturated carbocycles. The maximum Gasteiger partial charge on any atom is 0.306 e. The Labute approximate surface area is 426 Å². The van der Waals surface area contributed by atoms with E-state index in [1.807, 2.05) is 0 Å². The summed E-state index contributed by atoms with van der Waals surface area (Å²) in [5, 5.41) is 0. The van der Waals surface area contributed by atoms with Crippen LogP contribution in [0.2, 0.25) is 0 Å². The molecular weight excluding hydrogens is 853 g/mol. The molecule has 0 bridgehead atoms. The van der Waals surface area contributed by atoms with Crippen molar-refractivity contribution in [2.75, 3.05) is 13.2 Å². The van der Waals surface area contributed by atoms with Gasteiger partial charge in [-0.2, -0.15) is 0 Å². The molecule has 6 heteroatoms. The second-order valence-electron chi connectivity index (χ2n) is 18.8. The minimum absolute atomic E-state index is 0.109. The average molecular weight is 960 g/mol. The van der Waals surface area contributed by atoms with Gasteiger partial charge in [0.1, 0.15) is 13.2 Å². The molecule has 0 aromatic carbocycles. The van der Waals surface area contributed by atoms with E-state index in [9.17, 15) is 14.4 Å². The van der Waals surface area contributed by atoms with Gasteiger partial charge in [-0.3, -0.25) is 14.4 Å². The van der Waals surface area contributed by atoms with E-state index in [2.05, 4.69) is 118 Å². The fraction of sp³-hybridized carbons (Fsp3) is 0.698. The van der Waals surface area contributed by atoms with E-state index >= 15 is 0 Å². The molecule has 1 atom stereocenters. The van der Waals surface area contributed by atoms with Crippen LogP contribution in [0.3, 0.4) is 0 Å². The Hall–Kier alpha value is -3.67. The molecule has 394 valence electrons. The lowest BCUT2D eigenvalue weighted by atomic mass is 10.1. The molecule has 0 unspecified atom stereocenters. The van der Waals surface area contributed by atoms with Crippen molar-refractivity contribution in [3.63, 3.8) is 0 Å². The molecule has 0 radical (unpaired) electrons. The van der Waals surface area contributed by atoms with Gasteiger partial charge in [0.15, 0.2) is 6.10 Å². The number of carbonyl (C=O) groups is 3. The predicted octanol–water partition coefficient (Wildman–Crippen LogP) is 19.3. The first-order valence-corrected chi connectivity index (χ1v) is 28.7. The third-order valence-corrected chi connectivity index (χ3v) is 12.0. The quantitative estimate of drug-likeness (QED) is 0.0262. The SMILES string of the molecule is CCCCC/C=C\C/C=C\C/C=C\C/C=C\CCCCCC(=O)O[C@H](COC(=O)CCC/C=C\C/C=C\C/C=C\CCCCCCCC)COC(=O)CCCCCCCCC/C=C\CCCCCC. The highest BCUT2D eigenvalue weighted by atomic mass is 16.6. The van der Waals surface area contributed by atoms with Crippen molar-refractivity contribution >= 4 is 17.9 Å². The minimum Gasteiger partial charge on any atom is -0.462 e. The van der Waals surface area contributed by atoms with Crippen molar-refractivity contribution in [3.05, 3.63) is 97.2 Å². The molecule has 0 aromatic rings. The number of carbonyl (C=O) groups excluding carboxylic acids is 3. The van der Waals surface area contributed by atoms with Crippen molar-refractivity contribution < 1.29 is 28.6 Å². The van der Waals surface area contributed by atoms with Crippen LogP contribution in [0.5, 0.6) is 0 Å². The molecule has 69 heavy (non-hydrogen) atoms. The van der Waals surface area contributed by atoms with E-state index in [0.29, 0.717) is 12.8 Å². The fourth-order valence-electron chi connectivity index (χ4n) is 7.67. The van der Waals surface area contributed by atoms with Crippen molar-refractivity contribution in [2.24, 2.45) is 0 Å². The predicted molar refractivity (Wildman–Crippen MR) is 297 cm³/mol. The number of rotatable bonds is 51. The van der Waals surface area contributed by atoms with Crippen LogP contribution in [-0.4, -0.2) is 37.2 Å². The summed E-state index contributed by atoms with van der Waals surface area (Å²) in [4.78, 5) is 38.1. The van der Waals surface area contributed by atoms with Gasteiger partial charge < -0.3 is 14.2 Å². The monoisotopic (exact) mass is 959 g/mol. The maximum absolute atomic E-state index is 12.8. The van der Waals surface area contributed by atoms with E-state index in [0.717, 1.165) is 83.5 Å². The highest BCUT2D eigenvalue weighted by Crippen LogP contribution is 2.13. The Bertz CT molecular complexity index is 1380. The highest BCUT2D eigenvalue weighted by Gasteiger charge is 2.19. The Kier molecular flexibility index (Phi) is 53.9. The van der Waals surface area contributed by atoms with Crippen LogP contribution < -0.4 is 0 Å². The molecule has 0 saturated heterocycles. The zero-order chi connectivity index (χ0) is 50.0. The molecule has 0 spiro atoms. The number of ether oxygens (including phenoxy) is 3. The standard InChI is InChI=1S/C63H106O6/c1-4-7-10-13-16-19-22-25-28-30-31-33-36-39-42-45-48-51-54-57-63(66)69-60(58-67-61(64)55-52-49-46-43-40-37-34-27-24-21-18-15-12-9-6-3)59-68-62(65)56-53-50-47-44-41-38-35-32-29-26-23-20-17-14-11-8-5-2/h16,19,21,24-26,28-29,31,33,35,38-39,42,44,47,60H,4-15,17-18,20,22-23,27,30,32,34,36-37,40-41,43,45-46,48-59H2,1-3H3/b19-16-,24-21-,28-25-,29-26-,33-31-,38-35-,42-39-,47-44-/t60-/m0/s1. The summed E-state index contributed by atoms with van der Waals surface area (Å²) in [6.45, 7) is 6.52. The zero-order valence-electron chi connectivity index (χ0n) is 45.0. The lowest BCUT2D eigenvalue weighted by Gasteiger charge is -2.18. The van der Waals surface area contributed by atoms with Gasteiger partial charge in [-0.05, 0) is 122 Å². The summed E-state index contributed by atoms with van der Waals surface area (Å²) in [5.74, 6) is -0.997. The lowest BCUT2D eigenvalue weighted by Crippen LogP contribution is -2.30. The van der Waals surface area contributed by atoms with E-state index < -0.39 is 6.10 Å². The Balaban J connectivity index is 4.54. The molecule has 0 aliphatic carbocycles. The molecule has 6 nitrogen and oxygen atoms in total. The van der Waals surface area contributed by atoms with Crippen LogP contribution in [0.25, 0.3) is 0 Å². The molecule has 0 rings (SSSR count). The molecule has 0 aliphatic rings. The molecule has 0 aliphatic heterocycles. The summed E-state index contributed by atoms with van der Waals surface area (Å²) < 4.78 is 16.8. The van der Waals surface area contributed by atoms with Crippen LogP contribution >= 0.6 is 0 Å². The fourth-order valence-corrected chi connectivity index (χ4v) is 7.67. The molecule has 0 amide bonds. The van der Waals surface area contributed by atoms with Crippen LogP contribution in [0.15, 0.2) is 97.2 Å². The molecule has 0 aromatic heterocycles. The van der Waals surface area contributed by atoms with Gasteiger partial charge in [-0.1, -0.05) is 221 Å². The maximum atomic E-state index is 12.8. The van der Waals surface area contributed by atoms with Gasteiger partial charge in [0.2, 0.25) is 0 Å². The molecule has 0 fully saturated rings. The van der Waals surface area contributed by atoms with Crippen LogP contribution in [0.1, 0.15) is 265 Å². The van der Waals surface area contributed by atoms with Crippen molar-refractivity contribution in [2.45, 2.75) is 271 Å². The third-order valence-electron chi connectivity index (χ3n) is 12.0. The largest absolute Gasteiger partial charge is 0.462 e. The number of unbranched alkanes of at least 4 members (excludes halogenated alkanes) is 24. The summed E-state index contributed by atoms with van der Waals surface area (Å²) >= 11 is 0. The second-order valence-corrected chi connectivity index (χ2v) is 18.8.